The Labute approximate surface area is 147 Å². The maximum absolute atomic E-state index is 12.4. The van der Waals surface area contributed by atoms with E-state index in [0.717, 1.165) is 31.2 Å². The van der Waals surface area contributed by atoms with Crippen molar-refractivity contribution < 1.29 is 4.79 Å². The van der Waals surface area contributed by atoms with E-state index >= 15 is 0 Å². The normalized spacial score (nSPS) is 20.6. The Morgan fingerprint density at radius 2 is 1.77 bits per heavy atom. The summed E-state index contributed by atoms with van der Waals surface area (Å²) in [6.45, 7) is 0.534. The number of nitrogens with one attached hydrogen (secondary N) is 1. The minimum atomic E-state index is -0.174. The maximum atomic E-state index is 12.4. The summed E-state index contributed by atoms with van der Waals surface area (Å²) in [6, 6.07) is 8.08. The number of benzene rings is 1. The third-order valence-corrected chi connectivity index (χ3v) is 7.50. The number of hydrogen-bond acceptors (Lipinski definition) is 4. The SMILES string of the molecule is Cl.NCC1(NC(=O)c2ccc(C3SCCS3)cc2)CCCC1. The van der Waals surface area contributed by atoms with Crippen LogP contribution in [-0.4, -0.2) is 29.5 Å². The fourth-order valence-electron chi connectivity index (χ4n) is 3.09. The van der Waals surface area contributed by atoms with Gasteiger partial charge in [0.2, 0.25) is 0 Å². The van der Waals surface area contributed by atoms with Crippen molar-refractivity contribution in [2.24, 2.45) is 5.73 Å². The molecule has 0 radical (unpaired) electrons. The summed E-state index contributed by atoms with van der Waals surface area (Å²) in [6.07, 6.45) is 4.32. The predicted molar refractivity (Wildman–Crippen MR) is 99.1 cm³/mol. The molecular weight excluding hydrogens is 336 g/mol. The molecular formula is C16H23ClN2OS2. The zero-order chi connectivity index (χ0) is 14.7. The van der Waals surface area contributed by atoms with Crippen LogP contribution in [0.15, 0.2) is 24.3 Å². The topological polar surface area (TPSA) is 55.1 Å². The highest BCUT2D eigenvalue weighted by molar-refractivity contribution is 8.19. The molecule has 122 valence electrons. The first-order valence-corrected chi connectivity index (χ1v) is 9.68. The Kier molecular flexibility index (Phi) is 6.50. The van der Waals surface area contributed by atoms with Gasteiger partial charge in [-0.15, -0.1) is 35.9 Å². The Bertz CT molecular complexity index is 497. The lowest BCUT2D eigenvalue weighted by Crippen LogP contribution is -2.51. The number of thioether (sulfide) groups is 2. The van der Waals surface area contributed by atoms with Gasteiger partial charge in [-0.3, -0.25) is 4.79 Å². The third-order valence-electron chi connectivity index (χ3n) is 4.40. The molecule has 1 amide bonds. The Morgan fingerprint density at radius 3 is 2.32 bits per heavy atom. The van der Waals surface area contributed by atoms with Gasteiger partial charge in [-0.05, 0) is 30.5 Å². The highest BCUT2D eigenvalue weighted by atomic mass is 35.5. The quantitative estimate of drug-likeness (QED) is 0.863. The number of amides is 1. The fourth-order valence-corrected chi connectivity index (χ4v) is 5.95. The van der Waals surface area contributed by atoms with Crippen molar-refractivity contribution in [3.63, 3.8) is 0 Å². The van der Waals surface area contributed by atoms with Crippen molar-refractivity contribution in [3.05, 3.63) is 35.4 Å². The smallest absolute Gasteiger partial charge is 0.251 e. The average molecular weight is 359 g/mol. The van der Waals surface area contributed by atoms with E-state index in [1.165, 1.54) is 17.1 Å². The molecule has 6 heteroatoms. The number of rotatable bonds is 4. The summed E-state index contributed by atoms with van der Waals surface area (Å²) in [5.41, 5.74) is 7.76. The first kappa shape index (κ1) is 18.0. The largest absolute Gasteiger partial charge is 0.345 e. The van der Waals surface area contributed by atoms with Crippen molar-refractivity contribution in [1.29, 1.82) is 0 Å². The van der Waals surface area contributed by atoms with Crippen molar-refractivity contribution in [2.75, 3.05) is 18.1 Å². The molecule has 2 fully saturated rings. The zero-order valence-corrected chi connectivity index (χ0v) is 15.0. The van der Waals surface area contributed by atoms with Gasteiger partial charge in [0.25, 0.3) is 5.91 Å². The average Bonchev–Trinajstić information content (AvgIpc) is 3.19. The highest BCUT2D eigenvalue weighted by Gasteiger charge is 2.34. The molecule has 1 aliphatic carbocycles. The first-order valence-electron chi connectivity index (χ1n) is 7.58. The lowest BCUT2D eigenvalue weighted by Gasteiger charge is -2.28. The van der Waals surface area contributed by atoms with Gasteiger partial charge in [-0.2, -0.15) is 0 Å². The van der Waals surface area contributed by atoms with E-state index in [4.69, 9.17) is 5.73 Å². The van der Waals surface area contributed by atoms with Gasteiger partial charge >= 0.3 is 0 Å². The van der Waals surface area contributed by atoms with Gasteiger partial charge < -0.3 is 11.1 Å². The van der Waals surface area contributed by atoms with Crippen LogP contribution in [0.2, 0.25) is 0 Å². The molecule has 0 aromatic heterocycles. The van der Waals surface area contributed by atoms with Crippen LogP contribution in [0.3, 0.4) is 0 Å². The predicted octanol–water partition coefficient (Wildman–Crippen LogP) is 3.59. The molecule has 1 aliphatic heterocycles. The number of carbonyl (C=O) groups excluding carboxylic acids is 1. The van der Waals surface area contributed by atoms with Crippen LogP contribution in [0, 0.1) is 0 Å². The van der Waals surface area contributed by atoms with Crippen molar-refractivity contribution in [1.82, 2.24) is 5.32 Å². The molecule has 1 aromatic rings. The van der Waals surface area contributed by atoms with Crippen molar-refractivity contribution in [2.45, 2.75) is 35.8 Å². The van der Waals surface area contributed by atoms with Gasteiger partial charge in [0.05, 0.1) is 10.1 Å². The van der Waals surface area contributed by atoms with E-state index in [1.54, 1.807) is 0 Å². The van der Waals surface area contributed by atoms with Crippen LogP contribution in [0.25, 0.3) is 0 Å². The number of nitrogens with two attached hydrogens (primary N) is 1. The monoisotopic (exact) mass is 358 g/mol. The molecule has 1 saturated heterocycles. The molecule has 2 aliphatic rings. The van der Waals surface area contributed by atoms with E-state index in [1.807, 2.05) is 35.7 Å². The molecule has 0 unspecified atom stereocenters. The van der Waals surface area contributed by atoms with Crippen molar-refractivity contribution in [3.8, 4) is 0 Å². The Balaban J connectivity index is 0.00000176. The molecule has 0 bridgehead atoms. The van der Waals surface area contributed by atoms with Gasteiger partial charge in [-0.25, -0.2) is 0 Å². The summed E-state index contributed by atoms with van der Waals surface area (Å²) in [4.78, 5) is 12.4. The van der Waals surface area contributed by atoms with E-state index in [-0.39, 0.29) is 23.9 Å². The fraction of sp³-hybridized carbons (Fsp3) is 0.562. The Morgan fingerprint density at radius 1 is 1.18 bits per heavy atom. The highest BCUT2D eigenvalue weighted by Crippen LogP contribution is 2.45. The van der Waals surface area contributed by atoms with Crippen LogP contribution in [0.4, 0.5) is 0 Å². The summed E-state index contributed by atoms with van der Waals surface area (Å²) in [5, 5.41) is 3.17. The minimum Gasteiger partial charge on any atom is -0.345 e. The summed E-state index contributed by atoms with van der Waals surface area (Å²) in [5.74, 6) is 2.45. The second kappa shape index (κ2) is 7.95. The third kappa shape index (κ3) is 3.94. The van der Waals surface area contributed by atoms with E-state index in [0.29, 0.717) is 11.1 Å². The summed E-state index contributed by atoms with van der Waals surface area (Å²) < 4.78 is 0.535. The molecule has 3 N–H and O–H groups in total. The molecule has 3 nitrogen and oxygen atoms in total. The lowest BCUT2D eigenvalue weighted by molar-refractivity contribution is 0.0903. The van der Waals surface area contributed by atoms with Gasteiger partial charge in [0.15, 0.2) is 0 Å². The molecule has 0 spiro atoms. The molecule has 22 heavy (non-hydrogen) atoms. The number of carbonyl (C=O) groups is 1. The van der Waals surface area contributed by atoms with Crippen LogP contribution < -0.4 is 11.1 Å². The van der Waals surface area contributed by atoms with E-state index < -0.39 is 0 Å². The van der Waals surface area contributed by atoms with E-state index in [9.17, 15) is 4.79 Å². The second-order valence-electron chi connectivity index (χ2n) is 5.84. The van der Waals surface area contributed by atoms with Gasteiger partial charge in [0, 0.05) is 23.6 Å². The summed E-state index contributed by atoms with van der Waals surface area (Å²) in [7, 11) is 0. The van der Waals surface area contributed by atoms with E-state index in [2.05, 4.69) is 17.4 Å². The van der Waals surface area contributed by atoms with Gasteiger partial charge in [-0.1, -0.05) is 25.0 Å². The maximum Gasteiger partial charge on any atom is 0.251 e. The van der Waals surface area contributed by atoms with Crippen LogP contribution in [0.5, 0.6) is 0 Å². The Hall–Kier alpha value is -0.360. The number of halogens is 1. The minimum absolute atomic E-state index is 0. The molecule has 1 aromatic carbocycles. The number of hydrogen-bond donors (Lipinski definition) is 2. The summed E-state index contributed by atoms with van der Waals surface area (Å²) >= 11 is 3.97. The van der Waals surface area contributed by atoms with Crippen LogP contribution in [0.1, 0.15) is 46.2 Å². The lowest BCUT2D eigenvalue weighted by atomic mass is 9.97. The van der Waals surface area contributed by atoms with Crippen LogP contribution >= 0.6 is 35.9 Å². The molecule has 3 rings (SSSR count). The van der Waals surface area contributed by atoms with Crippen molar-refractivity contribution >= 4 is 41.8 Å². The molecule has 0 atom stereocenters. The first-order chi connectivity index (χ1) is 10.2. The zero-order valence-electron chi connectivity index (χ0n) is 12.5. The van der Waals surface area contributed by atoms with Crippen LogP contribution in [-0.2, 0) is 0 Å². The molecule has 1 heterocycles. The van der Waals surface area contributed by atoms with Gasteiger partial charge in [0.1, 0.15) is 0 Å². The molecule has 1 saturated carbocycles. The second-order valence-corrected chi connectivity index (χ2v) is 8.57. The standard InChI is InChI=1S/C16H22N2OS2.ClH/c17-11-16(7-1-2-8-16)18-14(19)12-3-5-13(6-4-12)15-20-9-10-21-15;/h3-6,15H,1-2,7-11,17H2,(H,18,19);1H.